The van der Waals surface area contributed by atoms with Gasteiger partial charge >= 0.3 is 0 Å². The number of benzene rings is 2. The molecule has 1 saturated heterocycles. The van der Waals surface area contributed by atoms with Crippen LogP contribution in [-0.4, -0.2) is 51.0 Å². The first-order valence-corrected chi connectivity index (χ1v) is 9.64. The molecule has 0 spiro atoms. The van der Waals surface area contributed by atoms with Crippen LogP contribution in [0.1, 0.15) is 23.0 Å². The minimum absolute atomic E-state index is 0.00562. The molecule has 3 heterocycles. The number of hydrogen-bond donors (Lipinski definition) is 1. The fourth-order valence-electron chi connectivity index (χ4n) is 3.86. The zero-order valence-electron chi connectivity index (χ0n) is 16.1. The Kier molecular flexibility index (Phi) is 4.27. The maximum Gasteiger partial charge on any atom is 0.270 e. The summed E-state index contributed by atoms with van der Waals surface area (Å²) in [4.78, 5) is 18.1. The molecule has 0 radical (unpaired) electrons. The van der Waals surface area contributed by atoms with Crippen molar-refractivity contribution in [2.45, 2.75) is 12.5 Å². The van der Waals surface area contributed by atoms with Crippen LogP contribution in [0.2, 0.25) is 0 Å². The van der Waals surface area contributed by atoms with E-state index in [9.17, 15) is 4.79 Å². The van der Waals surface area contributed by atoms with Crippen LogP contribution < -0.4 is 4.74 Å². The van der Waals surface area contributed by atoms with Crippen LogP contribution in [0.5, 0.6) is 5.75 Å². The van der Waals surface area contributed by atoms with E-state index in [1.807, 2.05) is 70.4 Å². The monoisotopic (exact) mass is 387 g/mol. The summed E-state index contributed by atoms with van der Waals surface area (Å²) in [6.45, 7) is 1.32. The average Bonchev–Trinajstić information content (AvgIpc) is 3.52. The second-order valence-corrected chi connectivity index (χ2v) is 7.28. The Bertz CT molecular complexity index is 1160. The summed E-state index contributed by atoms with van der Waals surface area (Å²) in [6.07, 6.45) is 2.82. The number of nitrogens with one attached hydrogen (secondary N) is 1. The number of likely N-dealkylation sites (tertiary alicyclic amines) is 1. The molecule has 29 heavy (non-hydrogen) atoms. The molecule has 1 atom stereocenters. The molecule has 0 bridgehead atoms. The summed E-state index contributed by atoms with van der Waals surface area (Å²) < 4.78 is 7.14. The number of aromatic amines is 1. The van der Waals surface area contributed by atoms with Gasteiger partial charge in [-0.15, -0.1) is 5.10 Å². The van der Waals surface area contributed by atoms with Gasteiger partial charge in [0.15, 0.2) is 0 Å². The predicted octanol–water partition coefficient (Wildman–Crippen LogP) is 3.52. The van der Waals surface area contributed by atoms with E-state index < -0.39 is 0 Å². The summed E-state index contributed by atoms with van der Waals surface area (Å²) in [5.74, 6) is 0.769. The van der Waals surface area contributed by atoms with Crippen molar-refractivity contribution in [2.75, 3.05) is 20.2 Å². The lowest BCUT2D eigenvalue weighted by Crippen LogP contribution is -2.29. The average molecular weight is 387 g/mol. The number of methoxy groups -OCH3 is 1. The molecule has 4 aromatic rings. The number of fused-ring (bicyclic) bond motifs is 1. The molecule has 0 unspecified atom stereocenters. The van der Waals surface area contributed by atoms with Gasteiger partial charge in [-0.1, -0.05) is 35.5 Å². The molecular formula is C22H21N5O2. The lowest BCUT2D eigenvalue weighted by atomic mass is 10.2. The fourth-order valence-corrected chi connectivity index (χ4v) is 3.86. The Balaban J connectivity index is 1.32. The van der Waals surface area contributed by atoms with Gasteiger partial charge in [-0.25, -0.2) is 4.68 Å². The number of hydrogen-bond acceptors (Lipinski definition) is 4. The number of rotatable bonds is 4. The lowest BCUT2D eigenvalue weighted by molar-refractivity contribution is 0.0782. The van der Waals surface area contributed by atoms with Gasteiger partial charge in [0.1, 0.15) is 17.1 Å². The van der Waals surface area contributed by atoms with Gasteiger partial charge in [0.2, 0.25) is 0 Å². The van der Waals surface area contributed by atoms with Crippen molar-refractivity contribution < 1.29 is 9.53 Å². The molecule has 1 aliphatic rings. The summed E-state index contributed by atoms with van der Waals surface area (Å²) >= 11 is 0. The molecule has 1 N–H and O–H groups in total. The molecular weight excluding hydrogens is 366 g/mol. The molecule has 1 aliphatic heterocycles. The van der Waals surface area contributed by atoms with Crippen LogP contribution in [0.4, 0.5) is 0 Å². The van der Waals surface area contributed by atoms with E-state index in [0.717, 1.165) is 34.3 Å². The first kappa shape index (κ1) is 17.5. The number of nitrogens with zero attached hydrogens (tertiary/aromatic N) is 4. The summed E-state index contributed by atoms with van der Waals surface area (Å²) in [5, 5.41) is 9.59. The largest absolute Gasteiger partial charge is 0.497 e. The molecule has 146 valence electrons. The third-order valence-electron chi connectivity index (χ3n) is 5.46. The summed E-state index contributed by atoms with van der Waals surface area (Å²) in [5.41, 5.74) is 3.38. The maximum atomic E-state index is 13.0. The SMILES string of the molecule is COc1ccc2cc(C(=O)N3CC[C@H](n4cc(-c5ccccc5)nn4)C3)[nH]c2c1. The Hall–Kier alpha value is -3.61. The highest BCUT2D eigenvalue weighted by atomic mass is 16.5. The Morgan fingerprint density at radius 3 is 2.86 bits per heavy atom. The van der Waals surface area contributed by atoms with Gasteiger partial charge in [0, 0.05) is 35.6 Å². The molecule has 5 rings (SSSR count). The van der Waals surface area contributed by atoms with E-state index in [4.69, 9.17) is 4.74 Å². The van der Waals surface area contributed by atoms with Crippen LogP contribution in [0, 0.1) is 0 Å². The Morgan fingerprint density at radius 1 is 1.17 bits per heavy atom. The number of ether oxygens (including phenoxy) is 1. The third kappa shape index (κ3) is 3.24. The predicted molar refractivity (Wildman–Crippen MR) is 110 cm³/mol. The number of carbonyl (C=O) groups is 1. The molecule has 0 aliphatic carbocycles. The van der Waals surface area contributed by atoms with Crippen LogP contribution in [-0.2, 0) is 0 Å². The minimum atomic E-state index is 0.00562. The first-order chi connectivity index (χ1) is 14.2. The Labute approximate surface area is 167 Å². The number of amides is 1. The van der Waals surface area contributed by atoms with Crippen LogP contribution in [0.25, 0.3) is 22.2 Å². The smallest absolute Gasteiger partial charge is 0.270 e. The highest BCUT2D eigenvalue weighted by Crippen LogP contribution is 2.26. The number of carbonyl (C=O) groups excluding carboxylic acids is 1. The first-order valence-electron chi connectivity index (χ1n) is 9.64. The number of aromatic nitrogens is 4. The number of H-pyrrole nitrogens is 1. The van der Waals surface area contributed by atoms with Crippen LogP contribution >= 0.6 is 0 Å². The van der Waals surface area contributed by atoms with Crippen molar-refractivity contribution in [3.05, 3.63) is 66.5 Å². The van der Waals surface area contributed by atoms with E-state index in [-0.39, 0.29) is 11.9 Å². The molecule has 1 fully saturated rings. The van der Waals surface area contributed by atoms with Crippen molar-refractivity contribution in [3.8, 4) is 17.0 Å². The van der Waals surface area contributed by atoms with E-state index in [1.165, 1.54) is 0 Å². The zero-order valence-corrected chi connectivity index (χ0v) is 16.1. The Morgan fingerprint density at radius 2 is 2.03 bits per heavy atom. The van der Waals surface area contributed by atoms with Gasteiger partial charge in [0.25, 0.3) is 5.91 Å². The second-order valence-electron chi connectivity index (χ2n) is 7.28. The highest BCUT2D eigenvalue weighted by Gasteiger charge is 2.29. The van der Waals surface area contributed by atoms with Crippen molar-refractivity contribution in [2.24, 2.45) is 0 Å². The zero-order chi connectivity index (χ0) is 19.8. The van der Waals surface area contributed by atoms with E-state index >= 15 is 0 Å². The molecule has 2 aromatic carbocycles. The normalized spacial score (nSPS) is 16.4. The molecule has 0 saturated carbocycles. The van der Waals surface area contributed by atoms with Crippen molar-refractivity contribution >= 4 is 16.8 Å². The van der Waals surface area contributed by atoms with Crippen molar-refractivity contribution in [3.63, 3.8) is 0 Å². The maximum absolute atomic E-state index is 13.0. The lowest BCUT2D eigenvalue weighted by Gasteiger charge is -2.15. The second kappa shape index (κ2) is 7.09. The fraction of sp³-hybridized carbons (Fsp3) is 0.227. The van der Waals surface area contributed by atoms with Gasteiger partial charge in [-0.2, -0.15) is 0 Å². The summed E-state index contributed by atoms with van der Waals surface area (Å²) in [6, 6.07) is 17.8. The van der Waals surface area contributed by atoms with Crippen LogP contribution in [0.3, 0.4) is 0 Å². The highest BCUT2D eigenvalue weighted by molar-refractivity contribution is 5.98. The van der Waals surface area contributed by atoms with Gasteiger partial charge in [0.05, 0.1) is 19.3 Å². The van der Waals surface area contributed by atoms with E-state index in [2.05, 4.69) is 15.3 Å². The van der Waals surface area contributed by atoms with Crippen molar-refractivity contribution in [1.29, 1.82) is 0 Å². The standard InChI is InChI=1S/C22H21N5O2/c1-29-18-8-7-16-11-20(23-19(16)12-18)22(28)26-10-9-17(13-26)27-14-21(24-25-27)15-5-3-2-4-6-15/h2-8,11-12,14,17,23H,9-10,13H2,1H3/t17-/m0/s1. The molecule has 7 nitrogen and oxygen atoms in total. The van der Waals surface area contributed by atoms with E-state index in [0.29, 0.717) is 18.8 Å². The molecule has 7 heteroatoms. The van der Waals surface area contributed by atoms with Crippen molar-refractivity contribution in [1.82, 2.24) is 24.9 Å². The van der Waals surface area contributed by atoms with Gasteiger partial charge in [-0.05, 0) is 24.6 Å². The quantitative estimate of drug-likeness (QED) is 0.581. The van der Waals surface area contributed by atoms with E-state index in [1.54, 1.807) is 7.11 Å². The van der Waals surface area contributed by atoms with Gasteiger partial charge in [-0.3, -0.25) is 4.79 Å². The molecule has 1 amide bonds. The van der Waals surface area contributed by atoms with Crippen LogP contribution in [0.15, 0.2) is 60.8 Å². The van der Waals surface area contributed by atoms with Gasteiger partial charge < -0.3 is 14.6 Å². The minimum Gasteiger partial charge on any atom is -0.497 e. The molecule has 2 aromatic heterocycles. The third-order valence-corrected chi connectivity index (χ3v) is 5.46. The topological polar surface area (TPSA) is 76.0 Å². The summed E-state index contributed by atoms with van der Waals surface area (Å²) in [7, 11) is 1.63.